The van der Waals surface area contributed by atoms with Crippen molar-refractivity contribution in [2.75, 3.05) is 18.9 Å². The second kappa shape index (κ2) is 7.82. The molecule has 2 aromatic carbocycles. The molecule has 0 fully saturated rings. The number of likely N-dealkylation sites (N-methyl/N-ethyl adjacent to an activating group) is 1. The summed E-state index contributed by atoms with van der Waals surface area (Å²) < 4.78 is 41.2. The van der Waals surface area contributed by atoms with E-state index in [1.165, 1.54) is 36.0 Å². The van der Waals surface area contributed by atoms with Crippen LogP contribution in [0.25, 0.3) is 5.69 Å². The molecule has 0 aliphatic heterocycles. The topological polar surface area (TPSA) is 110 Å². The molecule has 0 saturated heterocycles. The zero-order chi connectivity index (χ0) is 20.3. The van der Waals surface area contributed by atoms with Gasteiger partial charge in [0.25, 0.3) is 0 Å². The van der Waals surface area contributed by atoms with Crippen molar-refractivity contribution in [3.8, 4) is 5.69 Å². The second-order valence-corrected chi connectivity index (χ2v) is 7.97. The lowest BCUT2D eigenvalue weighted by molar-refractivity contribution is -0.116. The summed E-state index contributed by atoms with van der Waals surface area (Å²) in [5.74, 6) is -0.777. The number of sulfonamides is 1. The van der Waals surface area contributed by atoms with E-state index in [9.17, 15) is 17.6 Å². The fraction of sp³-hybridized carbons (Fsp3) is 0.176. The number of rotatable bonds is 6. The molecule has 1 N–H and O–H groups in total. The highest BCUT2D eigenvalue weighted by molar-refractivity contribution is 7.89. The third-order valence-corrected chi connectivity index (χ3v) is 5.72. The number of benzene rings is 2. The Morgan fingerprint density at radius 2 is 1.93 bits per heavy atom. The minimum atomic E-state index is -3.80. The maximum absolute atomic E-state index is 14.1. The Bertz CT molecular complexity index is 1100. The van der Waals surface area contributed by atoms with Gasteiger partial charge in [0.05, 0.1) is 11.4 Å². The second-order valence-electron chi connectivity index (χ2n) is 5.93. The van der Waals surface area contributed by atoms with Gasteiger partial charge in [-0.25, -0.2) is 12.8 Å². The van der Waals surface area contributed by atoms with Crippen LogP contribution >= 0.6 is 0 Å². The minimum Gasteiger partial charge on any atom is -0.325 e. The summed E-state index contributed by atoms with van der Waals surface area (Å²) in [5, 5.41) is 13.4. The highest BCUT2D eigenvalue weighted by atomic mass is 32.2. The molecule has 3 aromatic rings. The lowest BCUT2D eigenvalue weighted by Crippen LogP contribution is -2.35. The SMILES string of the molecule is Cc1nnnn1-c1cc(NC(=O)CN(C)S(=O)(=O)c2ccccc2)ccc1F. The normalized spacial score (nSPS) is 11.6. The Labute approximate surface area is 160 Å². The van der Waals surface area contributed by atoms with Crippen LogP contribution in [0.3, 0.4) is 0 Å². The molecule has 0 aliphatic rings. The molecule has 9 nitrogen and oxygen atoms in total. The van der Waals surface area contributed by atoms with Crippen molar-refractivity contribution in [2.24, 2.45) is 0 Å². The van der Waals surface area contributed by atoms with Crippen molar-refractivity contribution in [3.05, 3.63) is 60.2 Å². The van der Waals surface area contributed by atoms with E-state index in [2.05, 4.69) is 20.8 Å². The van der Waals surface area contributed by atoms with Gasteiger partial charge in [-0.3, -0.25) is 4.79 Å². The molecule has 11 heteroatoms. The molecule has 0 spiro atoms. The standard InChI is InChI=1S/C17H17FN6O3S/c1-12-20-21-22-24(12)16-10-13(8-9-15(16)18)19-17(25)11-23(2)28(26,27)14-6-4-3-5-7-14/h3-10H,11H2,1-2H3,(H,19,25). The Kier molecular flexibility index (Phi) is 5.47. The molecule has 0 atom stereocenters. The zero-order valence-electron chi connectivity index (χ0n) is 15.1. The van der Waals surface area contributed by atoms with Crippen LogP contribution in [-0.2, 0) is 14.8 Å². The van der Waals surface area contributed by atoms with E-state index in [0.29, 0.717) is 5.82 Å². The number of halogens is 1. The summed E-state index contributed by atoms with van der Waals surface area (Å²) in [5.41, 5.74) is 0.340. The molecule has 0 unspecified atom stereocenters. The smallest absolute Gasteiger partial charge is 0.243 e. The molecule has 1 aromatic heterocycles. The van der Waals surface area contributed by atoms with Crippen LogP contribution in [0.2, 0.25) is 0 Å². The van der Waals surface area contributed by atoms with Gasteiger partial charge in [0.2, 0.25) is 15.9 Å². The van der Waals surface area contributed by atoms with Crippen LogP contribution in [0, 0.1) is 12.7 Å². The summed E-state index contributed by atoms with van der Waals surface area (Å²) >= 11 is 0. The lowest BCUT2D eigenvalue weighted by Gasteiger charge is -2.17. The number of hydrogen-bond acceptors (Lipinski definition) is 6. The summed E-state index contributed by atoms with van der Waals surface area (Å²) in [6, 6.07) is 11.7. The molecule has 1 amide bonds. The number of carbonyl (C=O) groups is 1. The number of aryl methyl sites for hydroxylation is 1. The number of nitrogens with zero attached hydrogens (tertiary/aromatic N) is 5. The van der Waals surface area contributed by atoms with Crippen LogP contribution in [0.15, 0.2) is 53.4 Å². The van der Waals surface area contributed by atoms with Crippen molar-refractivity contribution in [2.45, 2.75) is 11.8 Å². The number of aromatic nitrogens is 4. The molecular weight excluding hydrogens is 387 g/mol. The molecular formula is C17H17FN6O3S. The predicted molar refractivity (Wildman–Crippen MR) is 98.7 cm³/mol. The summed E-state index contributed by atoms with van der Waals surface area (Å²) in [6.07, 6.45) is 0. The summed E-state index contributed by atoms with van der Waals surface area (Å²) in [7, 11) is -2.49. The van der Waals surface area contributed by atoms with Crippen LogP contribution in [0.1, 0.15) is 5.82 Å². The number of nitrogens with one attached hydrogen (secondary N) is 1. The van der Waals surface area contributed by atoms with Crippen molar-refractivity contribution >= 4 is 21.6 Å². The van der Waals surface area contributed by atoms with E-state index >= 15 is 0 Å². The Morgan fingerprint density at radius 1 is 1.21 bits per heavy atom. The molecule has 28 heavy (non-hydrogen) atoms. The van der Waals surface area contributed by atoms with Gasteiger partial charge >= 0.3 is 0 Å². The number of amides is 1. The van der Waals surface area contributed by atoms with Gasteiger partial charge in [-0.1, -0.05) is 18.2 Å². The van der Waals surface area contributed by atoms with E-state index in [0.717, 1.165) is 10.4 Å². The third kappa shape index (κ3) is 4.05. The highest BCUT2D eigenvalue weighted by Crippen LogP contribution is 2.19. The van der Waals surface area contributed by atoms with Crippen LogP contribution in [-0.4, -0.2) is 52.4 Å². The third-order valence-electron chi connectivity index (χ3n) is 3.90. The summed E-state index contributed by atoms with van der Waals surface area (Å²) in [4.78, 5) is 12.4. The first-order valence-corrected chi connectivity index (χ1v) is 9.59. The van der Waals surface area contributed by atoms with Gasteiger partial charge < -0.3 is 5.32 Å². The molecule has 0 saturated carbocycles. The van der Waals surface area contributed by atoms with E-state index in [1.54, 1.807) is 25.1 Å². The first-order valence-electron chi connectivity index (χ1n) is 8.15. The predicted octanol–water partition coefficient (Wildman–Crippen LogP) is 1.37. The Balaban J connectivity index is 1.74. The average Bonchev–Trinajstić information content (AvgIpc) is 3.09. The van der Waals surface area contributed by atoms with Crippen molar-refractivity contribution in [1.82, 2.24) is 24.5 Å². The van der Waals surface area contributed by atoms with Gasteiger partial charge in [-0.05, 0) is 47.7 Å². The van der Waals surface area contributed by atoms with Gasteiger partial charge in [0.1, 0.15) is 11.5 Å². The fourth-order valence-corrected chi connectivity index (χ4v) is 3.62. The van der Waals surface area contributed by atoms with Gasteiger partial charge in [0, 0.05) is 12.7 Å². The Hall–Kier alpha value is -3.18. The maximum atomic E-state index is 14.1. The molecule has 0 radical (unpaired) electrons. The first-order chi connectivity index (χ1) is 13.3. The summed E-state index contributed by atoms with van der Waals surface area (Å²) in [6.45, 7) is 1.20. The number of carbonyl (C=O) groups excluding carboxylic acids is 1. The molecule has 3 rings (SSSR count). The highest BCUT2D eigenvalue weighted by Gasteiger charge is 2.23. The zero-order valence-corrected chi connectivity index (χ0v) is 15.9. The van der Waals surface area contributed by atoms with E-state index in [4.69, 9.17) is 0 Å². The quantitative estimate of drug-likeness (QED) is 0.664. The van der Waals surface area contributed by atoms with Gasteiger partial charge in [0.15, 0.2) is 5.82 Å². The van der Waals surface area contributed by atoms with E-state index in [-0.39, 0.29) is 16.3 Å². The molecule has 146 valence electrons. The van der Waals surface area contributed by atoms with Crippen LogP contribution in [0.4, 0.5) is 10.1 Å². The van der Waals surface area contributed by atoms with Gasteiger partial charge in [-0.2, -0.15) is 8.99 Å². The first kappa shape index (κ1) is 19.6. The van der Waals surface area contributed by atoms with Crippen molar-refractivity contribution < 1.29 is 17.6 Å². The maximum Gasteiger partial charge on any atom is 0.243 e. The van der Waals surface area contributed by atoms with Crippen LogP contribution < -0.4 is 5.32 Å². The number of anilines is 1. The van der Waals surface area contributed by atoms with E-state index < -0.39 is 28.3 Å². The minimum absolute atomic E-state index is 0.0607. The lowest BCUT2D eigenvalue weighted by atomic mass is 10.2. The van der Waals surface area contributed by atoms with Gasteiger partial charge in [-0.15, -0.1) is 5.10 Å². The van der Waals surface area contributed by atoms with Crippen molar-refractivity contribution in [1.29, 1.82) is 0 Å². The number of tetrazole rings is 1. The Morgan fingerprint density at radius 3 is 2.57 bits per heavy atom. The largest absolute Gasteiger partial charge is 0.325 e. The molecule has 1 heterocycles. The van der Waals surface area contributed by atoms with E-state index in [1.807, 2.05) is 0 Å². The molecule has 0 aliphatic carbocycles. The monoisotopic (exact) mass is 404 g/mol. The molecule has 0 bridgehead atoms. The average molecular weight is 404 g/mol. The van der Waals surface area contributed by atoms with Crippen LogP contribution in [0.5, 0.6) is 0 Å². The fourth-order valence-electron chi connectivity index (χ4n) is 2.47. The number of hydrogen-bond donors (Lipinski definition) is 1. The van der Waals surface area contributed by atoms with Crippen molar-refractivity contribution in [3.63, 3.8) is 0 Å².